The third-order valence-electron chi connectivity index (χ3n) is 5.09. The molecular weight excluding hydrogens is 312 g/mol. The van der Waals surface area contributed by atoms with E-state index in [1.807, 2.05) is 0 Å². The van der Waals surface area contributed by atoms with Gasteiger partial charge in [-0.15, -0.1) is 0 Å². The molecule has 2 aliphatic rings. The molecule has 2 aliphatic heterocycles. The number of nitrogens with zero attached hydrogens (tertiary/aromatic N) is 4. The van der Waals surface area contributed by atoms with Crippen LogP contribution in [-0.2, 0) is 9.59 Å². The minimum absolute atomic E-state index is 0.158. The Balaban J connectivity index is 1.68. The van der Waals surface area contributed by atoms with E-state index >= 15 is 0 Å². The second-order valence-corrected chi connectivity index (χ2v) is 6.59. The molecule has 1 unspecified atom stereocenters. The van der Waals surface area contributed by atoms with Gasteiger partial charge < -0.3 is 14.9 Å². The number of hydrogen-bond donors (Lipinski definition) is 1. The predicted molar refractivity (Wildman–Crippen MR) is 83.0 cm³/mol. The Kier molecular flexibility index (Phi) is 4.21. The van der Waals surface area contributed by atoms with Gasteiger partial charge in [0.25, 0.3) is 5.91 Å². The number of hydrogen-bond acceptors (Lipinski definition) is 5. The van der Waals surface area contributed by atoms with Crippen LogP contribution in [0.2, 0.25) is 0 Å². The van der Waals surface area contributed by atoms with Crippen LogP contribution in [0, 0.1) is 5.41 Å². The molecule has 3 heterocycles. The summed E-state index contributed by atoms with van der Waals surface area (Å²) in [6, 6.07) is -0.759. The van der Waals surface area contributed by atoms with Crippen molar-refractivity contribution in [2.24, 2.45) is 5.41 Å². The number of carbonyl (C=O) groups excluding carboxylic acids is 2. The third-order valence-corrected chi connectivity index (χ3v) is 5.09. The molecule has 1 aromatic rings. The topological polar surface area (TPSA) is 104 Å². The standard InChI is InChI=1S/C16H20N4O4/c1-11(21)20-10-16(8-13(20)15(23)24)2-6-19(7-3-16)14(22)12-9-17-4-5-18-12/h4-5,9,13H,2-3,6-8,10H2,1H3,(H,23,24). The van der Waals surface area contributed by atoms with Gasteiger partial charge in [-0.05, 0) is 24.7 Å². The Labute approximate surface area is 139 Å². The minimum atomic E-state index is -0.958. The van der Waals surface area contributed by atoms with E-state index in [4.69, 9.17) is 0 Å². The summed E-state index contributed by atoms with van der Waals surface area (Å²) < 4.78 is 0. The summed E-state index contributed by atoms with van der Waals surface area (Å²) in [6.07, 6.45) is 6.27. The number of piperidine rings is 1. The number of amides is 2. The Morgan fingerprint density at radius 3 is 2.46 bits per heavy atom. The summed E-state index contributed by atoms with van der Waals surface area (Å²) in [6.45, 7) is 2.93. The van der Waals surface area contributed by atoms with Crippen LogP contribution in [0.4, 0.5) is 0 Å². The SMILES string of the molecule is CC(=O)N1CC2(CCN(C(=O)c3cnccn3)CC2)CC1C(=O)O. The molecule has 3 rings (SSSR count). The summed E-state index contributed by atoms with van der Waals surface area (Å²) in [4.78, 5) is 46.7. The van der Waals surface area contributed by atoms with Gasteiger partial charge in [-0.2, -0.15) is 0 Å². The lowest BCUT2D eigenvalue weighted by Crippen LogP contribution is -2.44. The summed E-state index contributed by atoms with van der Waals surface area (Å²) in [5.74, 6) is -1.33. The summed E-state index contributed by atoms with van der Waals surface area (Å²) in [7, 11) is 0. The van der Waals surface area contributed by atoms with Crippen molar-refractivity contribution in [1.29, 1.82) is 0 Å². The van der Waals surface area contributed by atoms with Crippen LogP contribution < -0.4 is 0 Å². The predicted octanol–water partition coefficient (Wildman–Crippen LogP) is 0.404. The third kappa shape index (κ3) is 2.95. The van der Waals surface area contributed by atoms with Gasteiger partial charge in [-0.1, -0.05) is 0 Å². The Morgan fingerprint density at radius 2 is 1.96 bits per heavy atom. The zero-order chi connectivity index (χ0) is 17.3. The van der Waals surface area contributed by atoms with E-state index in [0.29, 0.717) is 44.6 Å². The first kappa shape index (κ1) is 16.4. The zero-order valence-electron chi connectivity index (χ0n) is 13.5. The highest BCUT2D eigenvalue weighted by molar-refractivity contribution is 5.92. The second-order valence-electron chi connectivity index (χ2n) is 6.59. The number of rotatable bonds is 2. The van der Waals surface area contributed by atoms with Crippen molar-refractivity contribution in [1.82, 2.24) is 19.8 Å². The van der Waals surface area contributed by atoms with Crippen molar-refractivity contribution in [2.75, 3.05) is 19.6 Å². The van der Waals surface area contributed by atoms with Crippen LogP contribution in [-0.4, -0.2) is 68.3 Å². The smallest absolute Gasteiger partial charge is 0.326 e. The molecule has 1 aromatic heterocycles. The van der Waals surface area contributed by atoms with Crippen molar-refractivity contribution < 1.29 is 19.5 Å². The fourth-order valence-electron chi connectivity index (χ4n) is 3.73. The molecule has 0 aliphatic carbocycles. The van der Waals surface area contributed by atoms with Crippen LogP contribution in [0.3, 0.4) is 0 Å². The number of aromatic nitrogens is 2. The van der Waals surface area contributed by atoms with Gasteiger partial charge in [0, 0.05) is 39.0 Å². The van der Waals surface area contributed by atoms with E-state index in [0.717, 1.165) is 0 Å². The number of aliphatic carboxylic acids is 1. The van der Waals surface area contributed by atoms with Gasteiger partial charge in [0.1, 0.15) is 11.7 Å². The molecule has 2 saturated heterocycles. The highest BCUT2D eigenvalue weighted by Crippen LogP contribution is 2.43. The normalized spacial score (nSPS) is 22.6. The lowest BCUT2D eigenvalue weighted by molar-refractivity contribution is -0.147. The molecule has 2 amide bonds. The second kappa shape index (κ2) is 6.18. The van der Waals surface area contributed by atoms with E-state index in [1.54, 1.807) is 4.90 Å². The van der Waals surface area contributed by atoms with E-state index in [9.17, 15) is 19.5 Å². The highest BCUT2D eigenvalue weighted by Gasteiger charge is 2.49. The molecule has 2 fully saturated rings. The first-order valence-corrected chi connectivity index (χ1v) is 7.97. The van der Waals surface area contributed by atoms with Crippen molar-refractivity contribution in [3.8, 4) is 0 Å². The first-order chi connectivity index (χ1) is 11.4. The van der Waals surface area contributed by atoms with Gasteiger partial charge in [0.05, 0.1) is 6.20 Å². The first-order valence-electron chi connectivity index (χ1n) is 7.97. The summed E-state index contributed by atoms with van der Waals surface area (Å²) in [5.41, 5.74) is 0.0992. The van der Waals surface area contributed by atoms with Crippen molar-refractivity contribution in [3.05, 3.63) is 24.3 Å². The van der Waals surface area contributed by atoms with Gasteiger partial charge >= 0.3 is 5.97 Å². The molecule has 1 atom stereocenters. The maximum atomic E-state index is 12.4. The van der Waals surface area contributed by atoms with Crippen molar-refractivity contribution in [3.63, 3.8) is 0 Å². The average Bonchev–Trinajstić information content (AvgIpc) is 2.96. The molecular formula is C16H20N4O4. The van der Waals surface area contributed by atoms with Crippen LogP contribution in [0.15, 0.2) is 18.6 Å². The van der Waals surface area contributed by atoms with Gasteiger partial charge in [-0.25, -0.2) is 9.78 Å². The molecule has 128 valence electrons. The van der Waals surface area contributed by atoms with Crippen LogP contribution in [0.1, 0.15) is 36.7 Å². The lowest BCUT2D eigenvalue weighted by atomic mass is 9.76. The highest BCUT2D eigenvalue weighted by atomic mass is 16.4. The van der Waals surface area contributed by atoms with Gasteiger partial charge in [-0.3, -0.25) is 14.6 Å². The fourth-order valence-corrected chi connectivity index (χ4v) is 3.73. The number of likely N-dealkylation sites (tertiary alicyclic amines) is 2. The summed E-state index contributed by atoms with van der Waals surface area (Å²) >= 11 is 0. The van der Waals surface area contributed by atoms with Crippen LogP contribution in [0.5, 0.6) is 0 Å². The number of carbonyl (C=O) groups is 3. The molecule has 8 heteroatoms. The zero-order valence-corrected chi connectivity index (χ0v) is 13.5. The Bertz CT molecular complexity index is 631. The maximum absolute atomic E-state index is 12.4. The number of carboxylic acid groups (broad SMARTS) is 1. The van der Waals surface area contributed by atoms with E-state index in [-0.39, 0.29) is 17.2 Å². The lowest BCUT2D eigenvalue weighted by Gasteiger charge is -2.39. The van der Waals surface area contributed by atoms with E-state index < -0.39 is 12.0 Å². The monoisotopic (exact) mass is 332 g/mol. The summed E-state index contributed by atoms with van der Waals surface area (Å²) in [5, 5.41) is 9.36. The fraction of sp³-hybridized carbons (Fsp3) is 0.562. The van der Waals surface area contributed by atoms with Gasteiger partial charge in [0.2, 0.25) is 5.91 Å². The largest absolute Gasteiger partial charge is 0.480 e. The molecule has 8 nitrogen and oxygen atoms in total. The molecule has 24 heavy (non-hydrogen) atoms. The van der Waals surface area contributed by atoms with Crippen LogP contribution in [0.25, 0.3) is 0 Å². The maximum Gasteiger partial charge on any atom is 0.326 e. The molecule has 0 bridgehead atoms. The Hall–Kier alpha value is -2.51. The van der Waals surface area contributed by atoms with Crippen molar-refractivity contribution >= 4 is 17.8 Å². The van der Waals surface area contributed by atoms with Gasteiger partial charge in [0.15, 0.2) is 0 Å². The quantitative estimate of drug-likeness (QED) is 0.841. The molecule has 0 radical (unpaired) electrons. The molecule has 1 N–H and O–H groups in total. The van der Waals surface area contributed by atoms with Crippen LogP contribution >= 0.6 is 0 Å². The molecule has 0 aromatic carbocycles. The van der Waals surface area contributed by atoms with E-state index in [2.05, 4.69) is 9.97 Å². The average molecular weight is 332 g/mol. The van der Waals surface area contributed by atoms with E-state index in [1.165, 1.54) is 30.4 Å². The molecule has 1 spiro atoms. The Morgan fingerprint density at radius 1 is 1.25 bits per heavy atom. The van der Waals surface area contributed by atoms with Crippen molar-refractivity contribution in [2.45, 2.75) is 32.2 Å². The number of carboxylic acids is 1. The molecule has 0 saturated carbocycles. The minimum Gasteiger partial charge on any atom is -0.480 e.